The lowest BCUT2D eigenvalue weighted by Crippen LogP contribution is -2.54. The Balaban J connectivity index is 1.67. The summed E-state index contributed by atoms with van der Waals surface area (Å²) in [7, 11) is 5.33. The van der Waals surface area contributed by atoms with Gasteiger partial charge in [-0.1, -0.05) is 6.07 Å². The molecule has 2 fully saturated rings. The number of urea groups is 1. The molecule has 0 spiro atoms. The second-order valence-corrected chi connectivity index (χ2v) is 8.71. The lowest BCUT2D eigenvalue weighted by Gasteiger charge is -2.47. The number of ether oxygens (including phenoxy) is 2. The molecule has 1 aliphatic heterocycles. The molecule has 2 aromatic rings. The Morgan fingerprint density at radius 3 is 2.50 bits per heavy atom. The van der Waals surface area contributed by atoms with Crippen molar-refractivity contribution in [2.45, 2.75) is 43.2 Å². The van der Waals surface area contributed by atoms with Crippen molar-refractivity contribution < 1.29 is 23.0 Å². The molecule has 0 unspecified atom stereocenters. The number of carbonyl (C=O) groups excluding carboxylic acids is 1. The Morgan fingerprint density at radius 2 is 1.84 bits per heavy atom. The first-order valence-corrected chi connectivity index (χ1v) is 10.8. The second kappa shape index (κ2) is 8.58. The fraction of sp³-hybridized carbons (Fsp3) is 0.458. The quantitative estimate of drug-likeness (QED) is 0.754. The zero-order valence-electron chi connectivity index (χ0n) is 18.6. The van der Waals surface area contributed by atoms with Gasteiger partial charge in [-0.15, -0.1) is 0 Å². The van der Waals surface area contributed by atoms with Gasteiger partial charge in [0, 0.05) is 29.3 Å². The zero-order chi connectivity index (χ0) is 23.0. The second-order valence-electron chi connectivity index (χ2n) is 8.71. The number of fused-ring (bicyclic) bond motifs is 1. The number of hydrogen-bond acceptors (Lipinski definition) is 4. The highest BCUT2D eigenvalue weighted by molar-refractivity contribution is 5.91. The maximum atomic E-state index is 13.9. The first-order valence-electron chi connectivity index (χ1n) is 10.8. The molecule has 32 heavy (non-hydrogen) atoms. The average Bonchev–Trinajstić information content (AvgIpc) is 3.13. The fourth-order valence-corrected chi connectivity index (χ4v) is 5.63. The third kappa shape index (κ3) is 3.66. The number of anilines is 1. The summed E-state index contributed by atoms with van der Waals surface area (Å²) in [6, 6.07) is 8.82. The summed E-state index contributed by atoms with van der Waals surface area (Å²) < 4.78 is 38.3. The molecule has 0 aromatic heterocycles. The number of hydrogen-bond donors (Lipinski definition) is 1. The van der Waals surface area contributed by atoms with Gasteiger partial charge < -0.3 is 20.1 Å². The Morgan fingerprint density at radius 1 is 1.09 bits per heavy atom. The molecule has 1 saturated carbocycles. The van der Waals surface area contributed by atoms with E-state index < -0.39 is 17.7 Å². The number of nitrogens with two attached hydrogens (primary N) is 1. The molecule has 8 heteroatoms. The lowest BCUT2D eigenvalue weighted by molar-refractivity contribution is 0.164. The Bertz CT molecular complexity index is 1020. The van der Waals surface area contributed by atoms with Crippen molar-refractivity contribution in [1.29, 1.82) is 0 Å². The smallest absolute Gasteiger partial charge is 0.319 e. The topological polar surface area (TPSA) is 68.0 Å². The monoisotopic (exact) mass is 445 g/mol. The molecular formula is C24H29F2N3O3. The van der Waals surface area contributed by atoms with Crippen LogP contribution in [0, 0.1) is 11.6 Å². The molecule has 1 heterocycles. The van der Waals surface area contributed by atoms with E-state index in [4.69, 9.17) is 15.2 Å². The van der Waals surface area contributed by atoms with Gasteiger partial charge in [0.15, 0.2) is 23.1 Å². The van der Waals surface area contributed by atoms with E-state index in [1.807, 2.05) is 12.1 Å². The Kier molecular flexibility index (Phi) is 5.99. The molecule has 2 amide bonds. The van der Waals surface area contributed by atoms with Crippen molar-refractivity contribution in [1.82, 2.24) is 4.90 Å². The number of nitrogens with zero attached hydrogens (tertiary/aromatic N) is 2. The zero-order valence-corrected chi connectivity index (χ0v) is 18.6. The molecule has 2 aromatic carbocycles. The number of rotatable bonds is 5. The van der Waals surface area contributed by atoms with Crippen molar-refractivity contribution in [2.75, 3.05) is 32.7 Å². The largest absolute Gasteiger partial charge is 0.493 e. The highest BCUT2D eigenvalue weighted by Crippen LogP contribution is 2.51. The van der Waals surface area contributed by atoms with E-state index in [1.165, 1.54) is 16.5 Å². The minimum atomic E-state index is -0.998. The molecule has 2 N–H and O–H groups in total. The van der Waals surface area contributed by atoms with Gasteiger partial charge in [-0.3, -0.25) is 4.90 Å². The number of methoxy groups -OCH3 is 2. The summed E-state index contributed by atoms with van der Waals surface area (Å²) in [5, 5.41) is 0. The van der Waals surface area contributed by atoms with Crippen LogP contribution in [0.25, 0.3) is 0 Å². The summed E-state index contributed by atoms with van der Waals surface area (Å²) >= 11 is 0. The number of carbonyl (C=O) groups is 1. The van der Waals surface area contributed by atoms with Crippen molar-refractivity contribution in [3.8, 4) is 11.5 Å². The van der Waals surface area contributed by atoms with Gasteiger partial charge >= 0.3 is 6.03 Å². The molecule has 1 saturated heterocycles. The minimum Gasteiger partial charge on any atom is -0.493 e. The van der Waals surface area contributed by atoms with E-state index in [2.05, 4.69) is 18.0 Å². The van der Waals surface area contributed by atoms with E-state index in [-0.39, 0.29) is 23.2 Å². The van der Waals surface area contributed by atoms with Gasteiger partial charge in [-0.05, 0) is 69.1 Å². The summed E-state index contributed by atoms with van der Waals surface area (Å²) in [6.07, 6.45) is 3.18. The van der Waals surface area contributed by atoms with Crippen LogP contribution in [-0.4, -0.2) is 50.8 Å². The van der Waals surface area contributed by atoms with E-state index in [0.717, 1.165) is 31.5 Å². The van der Waals surface area contributed by atoms with Gasteiger partial charge in [-0.2, -0.15) is 0 Å². The van der Waals surface area contributed by atoms with Crippen LogP contribution in [0.3, 0.4) is 0 Å². The van der Waals surface area contributed by atoms with Crippen molar-refractivity contribution in [3.63, 3.8) is 0 Å². The maximum absolute atomic E-state index is 13.9. The number of amides is 2. The lowest BCUT2D eigenvalue weighted by atomic mass is 9.64. The van der Waals surface area contributed by atoms with Gasteiger partial charge in [0.05, 0.1) is 14.2 Å². The van der Waals surface area contributed by atoms with Gasteiger partial charge in [0.1, 0.15) is 0 Å². The predicted octanol–water partition coefficient (Wildman–Crippen LogP) is 4.06. The normalized spacial score (nSPS) is 25.3. The summed E-state index contributed by atoms with van der Waals surface area (Å²) in [5.41, 5.74) is 7.07. The fourth-order valence-electron chi connectivity index (χ4n) is 5.63. The average molecular weight is 446 g/mol. The van der Waals surface area contributed by atoms with Crippen LogP contribution in [0.2, 0.25) is 0 Å². The van der Waals surface area contributed by atoms with Crippen molar-refractivity contribution in [3.05, 3.63) is 53.6 Å². The highest BCUT2D eigenvalue weighted by Gasteiger charge is 2.51. The standard InChI is InChI=1S/C24H29F2N3O3/c1-28-11-10-24(15-4-7-20(31-2)21(12-15)32-3)9-8-17(14-22(24)28)29(23(27)30)16-5-6-18(25)19(26)13-16/h4-7,12-13,17,22H,8-11,14H2,1-3H3,(H2,27,30)/t17-,22+,24+/m1/s1. The van der Waals surface area contributed by atoms with Crippen LogP contribution >= 0.6 is 0 Å². The third-order valence-electron chi connectivity index (χ3n) is 7.24. The number of primary amides is 1. The Hall–Kier alpha value is -2.87. The van der Waals surface area contributed by atoms with Gasteiger partial charge in [0.2, 0.25) is 0 Å². The van der Waals surface area contributed by atoms with E-state index >= 15 is 0 Å². The van der Waals surface area contributed by atoms with Crippen LogP contribution < -0.4 is 20.1 Å². The van der Waals surface area contributed by atoms with E-state index in [9.17, 15) is 13.6 Å². The molecular weight excluding hydrogens is 416 g/mol. The number of likely N-dealkylation sites (tertiary alicyclic amines) is 1. The van der Waals surface area contributed by atoms with Gasteiger partial charge in [0.25, 0.3) is 0 Å². The summed E-state index contributed by atoms with van der Waals surface area (Å²) in [5.74, 6) is -0.579. The van der Waals surface area contributed by atoms with Crippen LogP contribution in [-0.2, 0) is 5.41 Å². The molecule has 4 rings (SSSR count). The molecule has 6 nitrogen and oxygen atoms in total. The van der Waals surface area contributed by atoms with Crippen molar-refractivity contribution in [2.24, 2.45) is 5.73 Å². The number of benzene rings is 2. The summed E-state index contributed by atoms with van der Waals surface area (Å²) in [6.45, 7) is 0.924. The first-order chi connectivity index (χ1) is 15.3. The molecule has 172 valence electrons. The SMILES string of the molecule is COc1ccc([C@@]23CC[C@@H](N(C(N)=O)c4ccc(F)c(F)c4)C[C@@H]2N(C)CC3)cc1OC. The molecule has 1 aliphatic carbocycles. The van der Waals surface area contributed by atoms with Crippen LogP contribution in [0.15, 0.2) is 36.4 Å². The predicted molar refractivity (Wildman–Crippen MR) is 118 cm³/mol. The summed E-state index contributed by atoms with van der Waals surface area (Å²) in [4.78, 5) is 16.1. The third-order valence-corrected chi connectivity index (χ3v) is 7.24. The molecule has 3 atom stereocenters. The molecule has 2 aliphatic rings. The van der Waals surface area contributed by atoms with Crippen LogP contribution in [0.4, 0.5) is 19.3 Å². The van der Waals surface area contributed by atoms with E-state index in [0.29, 0.717) is 24.3 Å². The van der Waals surface area contributed by atoms with Crippen LogP contribution in [0.1, 0.15) is 31.2 Å². The minimum absolute atomic E-state index is 0.0951. The van der Waals surface area contributed by atoms with E-state index in [1.54, 1.807) is 14.2 Å². The van der Waals surface area contributed by atoms with Crippen LogP contribution in [0.5, 0.6) is 11.5 Å². The number of likely N-dealkylation sites (N-methyl/N-ethyl adjacent to an activating group) is 1. The highest BCUT2D eigenvalue weighted by atomic mass is 19.2. The first kappa shape index (κ1) is 22.3. The maximum Gasteiger partial charge on any atom is 0.319 e. The number of halogens is 2. The molecule has 0 bridgehead atoms. The Labute approximate surface area is 186 Å². The molecule has 0 radical (unpaired) electrons. The van der Waals surface area contributed by atoms with Gasteiger partial charge in [-0.25, -0.2) is 13.6 Å². The van der Waals surface area contributed by atoms with Crippen molar-refractivity contribution >= 4 is 11.7 Å².